The van der Waals surface area contributed by atoms with Gasteiger partial charge in [-0.15, -0.1) is 0 Å². The Morgan fingerprint density at radius 2 is 2.04 bits per heavy atom. The predicted molar refractivity (Wildman–Crippen MR) is 94.6 cm³/mol. The van der Waals surface area contributed by atoms with Gasteiger partial charge >= 0.3 is 0 Å². The molecule has 0 saturated carbocycles. The first-order chi connectivity index (χ1) is 11.8. The van der Waals surface area contributed by atoms with Crippen LogP contribution in [0.15, 0.2) is 36.8 Å². The SMILES string of the molecule is OCC1CNCC(COCCc2ccc(Cl)cc2)N1c1cnc[nH]1. The topological polar surface area (TPSA) is 73.4 Å². The fourth-order valence-electron chi connectivity index (χ4n) is 3.05. The lowest BCUT2D eigenvalue weighted by Gasteiger charge is -2.42. The molecule has 6 nitrogen and oxygen atoms in total. The Kier molecular flexibility index (Phi) is 6.09. The lowest BCUT2D eigenvalue weighted by Crippen LogP contribution is -2.60. The highest BCUT2D eigenvalue weighted by Crippen LogP contribution is 2.19. The van der Waals surface area contributed by atoms with Crippen LogP contribution in [-0.4, -0.2) is 60.1 Å². The molecule has 2 heterocycles. The number of benzene rings is 1. The Morgan fingerprint density at radius 3 is 2.75 bits per heavy atom. The minimum Gasteiger partial charge on any atom is -0.394 e. The number of ether oxygens (including phenoxy) is 1. The molecule has 1 aliphatic heterocycles. The number of aliphatic hydroxyl groups excluding tert-OH is 1. The van der Waals surface area contributed by atoms with Gasteiger partial charge in [0.1, 0.15) is 5.82 Å². The molecule has 130 valence electrons. The molecule has 7 heteroatoms. The Labute approximate surface area is 146 Å². The minimum absolute atomic E-state index is 0.0177. The van der Waals surface area contributed by atoms with Crippen LogP contribution in [0.5, 0.6) is 0 Å². The molecule has 3 rings (SSSR count). The van der Waals surface area contributed by atoms with E-state index in [9.17, 15) is 5.11 Å². The highest BCUT2D eigenvalue weighted by molar-refractivity contribution is 6.30. The van der Waals surface area contributed by atoms with Crippen molar-refractivity contribution in [2.45, 2.75) is 18.5 Å². The van der Waals surface area contributed by atoms with Gasteiger partial charge in [0, 0.05) is 18.1 Å². The van der Waals surface area contributed by atoms with Crippen molar-refractivity contribution in [3.8, 4) is 0 Å². The average Bonchev–Trinajstić information content (AvgIpc) is 3.14. The molecule has 1 aliphatic rings. The van der Waals surface area contributed by atoms with Crippen molar-refractivity contribution in [3.63, 3.8) is 0 Å². The summed E-state index contributed by atoms with van der Waals surface area (Å²) in [6, 6.07) is 8.01. The zero-order chi connectivity index (χ0) is 16.8. The van der Waals surface area contributed by atoms with Crippen molar-refractivity contribution in [2.24, 2.45) is 0 Å². The molecule has 2 aromatic rings. The second-order valence-electron chi connectivity index (χ2n) is 5.94. The monoisotopic (exact) mass is 350 g/mol. The van der Waals surface area contributed by atoms with Gasteiger partial charge in [0.05, 0.1) is 44.4 Å². The van der Waals surface area contributed by atoms with Gasteiger partial charge in [-0.3, -0.25) is 0 Å². The maximum absolute atomic E-state index is 9.65. The Balaban J connectivity index is 1.53. The lowest BCUT2D eigenvalue weighted by atomic mass is 10.1. The van der Waals surface area contributed by atoms with Gasteiger partial charge in [-0.25, -0.2) is 4.98 Å². The predicted octanol–water partition coefficient (Wildman–Crippen LogP) is 1.46. The summed E-state index contributed by atoms with van der Waals surface area (Å²) in [4.78, 5) is 9.40. The first-order valence-corrected chi connectivity index (χ1v) is 8.56. The van der Waals surface area contributed by atoms with Crippen molar-refractivity contribution < 1.29 is 9.84 Å². The molecular formula is C17H23ClN4O2. The van der Waals surface area contributed by atoms with Gasteiger partial charge in [-0.1, -0.05) is 23.7 Å². The number of aromatic amines is 1. The molecule has 24 heavy (non-hydrogen) atoms. The molecule has 0 radical (unpaired) electrons. The molecule has 1 aromatic carbocycles. The Bertz CT molecular complexity index is 606. The van der Waals surface area contributed by atoms with E-state index in [-0.39, 0.29) is 18.7 Å². The quantitative estimate of drug-likeness (QED) is 0.659. The van der Waals surface area contributed by atoms with Gasteiger partial charge in [0.15, 0.2) is 0 Å². The molecule has 2 unspecified atom stereocenters. The van der Waals surface area contributed by atoms with Gasteiger partial charge in [-0.2, -0.15) is 0 Å². The third kappa shape index (κ3) is 4.27. The van der Waals surface area contributed by atoms with Crippen LogP contribution in [0.1, 0.15) is 5.56 Å². The van der Waals surface area contributed by atoms with Crippen LogP contribution in [0.3, 0.4) is 0 Å². The van der Waals surface area contributed by atoms with E-state index >= 15 is 0 Å². The van der Waals surface area contributed by atoms with E-state index in [2.05, 4.69) is 20.2 Å². The van der Waals surface area contributed by atoms with E-state index in [1.807, 2.05) is 24.3 Å². The van der Waals surface area contributed by atoms with E-state index < -0.39 is 0 Å². The Morgan fingerprint density at radius 1 is 1.25 bits per heavy atom. The third-order valence-corrected chi connectivity index (χ3v) is 4.53. The van der Waals surface area contributed by atoms with Crippen molar-refractivity contribution in [3.05, 3.63) is 47.4 Å². The summed E-state index contributed by atoms with van der Waals surface area (Å²) < 4.78 is 5.90. The highest BCUT2D eigenvalue weighted by atomic mass is 35.5. The maximum atomic E-state index is 9.65. The van der Waals surface area contributed by atoms with Crippen LogP contribution in [0.4, 0.5) is 5.82 Å². The number of nitrogens with zero attached hydrogens (tertiary/aromatic N) is 2. The van der Waals surface area contributed by atoms with Crippen LogP contribution >= 0.6 is 11.6 Å². The van der Waals surface area contributed by atoms with E-state index in [0.29, 0.717) is 13.2 Å². The largest absolute Gasteiger partial charge is 0.394 e. The fourth-order valence-corrected chi connectivity index (χ4v) is 3.17. The van der Waals surface area contributed by atoms with Crippen molar-refractivity contribution >= 4 is 17.4 Å². The number of hydrogen-bond donors (Lipinski definition) is 3. The van der Waals surface area contributed by atoms with Crippen molar-refractivity contribution in [2.75, 3.05) is 37.8 Å². The number of nitrogens with one attached hydrogen (secondary N) is 2. The lowest BCUT2D eigenvalue weighted by molar-refractivity contribution is 0.108. The smallest absolute Gasteiger partial charge is 0.126 e. The summed E-state index contributed by atoms with van der Waals surface area (Å²) in [5.74, 6) is 0.918. The molecule has 1 saturated heterocycles. The summed E-state index contributed by atoms with van der Waals surface area (Å²) in [5.41, 5.74) is 1.21. The number of hydrogen-bond acceptors (Lipinski definition) is 5. The van der Waals surface area contributed by atoms with Crippen molar-refractivity contribution in [1.29, 1.82) is 0 Å². The van der Waals surface area contributed by atoms with Crippen LogP contribution in [-0.2, 0) is 11.2 Å². The zero-order valence-electron chi connectivity index (χ0n) is 13.5. The number of aliphatic hydroxyl groups is 1. The molecule has 0 bridgehead atoms. The Hall–Kier alpha value is -1.60. The molecule has 0 aliphatic carbocycles. The van der Waals surface area contributed by atoms with Gasteiger partial charge in [0.25, 0.3) is 0 Å². The van der Waals surface area contributed by atoms with Gasteiger partial charge in [0.2, 0.25) is 0 Å². The summed E-state index contributed by atoms with van der Waals surface area (Å²) >= 11 is 5.89. The summed E-state index contributed by atoms with van der Waals surface area (Å²) in [5, 5.41) is 13.8. The normalized spacial score (nSPS) is 21.2. The molecular weight excluding hydrogens is 328 g/mol. The van der Waals surface area contributed by atoms with E-state index in [0.717, 1.165) is 30.4 Å². The number of imidazole rings is 1. The number of halogens is 1. The molecule has 0 amide bonds. The molecule has 1 aromatic heterocycles. The number of rotatable bonds is 7. The van der Waals surface area contributed by atoms with E-state index in [1.165, 1.54) is 5.56 Å². The minimum atomic E-state index is 0.0177. The first kappa shape index (κ1) is 17.2. The number of piperazine rings is 1. The van der Waals surface area contributed by atoms with Crippen molar-refractivity contribution in [1.82, 2.24) is 15.3 Å². The average molecular weight is 351 g/mol. The number of H-pyrrole nitrogens is 1. The fraction of sp³-hybridized carbons (Fsp3) is 0.471. The van der Waals surface area contributed by atoms with Gasteiger partial charge in [-0.05, 0) is 24.1 Å². The third-order valence-electron chi connectivity index (χ3n) is 4.28. The second-order valence-corrected chi connectivity index (χ2v) is 6.38. The standard InChI is InChI=1S/C17H23ClN4O2/c18-14-3-1-13(2-4-14)5-6-24-11-16-8-19-7-15(10-23)22(16)17-9-20-12-21-17/h1-4,9,12,15-16,19,23H,5-8,10-11H2,(H,20,21). The first-order valence-electron chi connectivity index (χ1n) is 8.18. The highest BCUT2D eigenvalue weighted by Gasteiger charge is 2.31. The summed E-state index contributed by atoms with van der Waals surface area (Å²) in [7, 11) is 0. The molecule has 3 N–H and O–H groups in total. The van der Waals surface area contributed by atoms with E-state index in [4.69, 9.17) is 16.3 Å². The number of anilines is 1. The molecule has 2 atom stereocenters. The number of aromatic nitrogens is 2. The second kappa shape index (κ2) is 8.48. The van der Waals surface area contributed by atoms with Crippen LogP contribution in [0, 0.1) is 0 Å². The van der Waals surface area contributed by atoms with Crippen LogP contribution < -0.4 is 10.2 Å². The zero-order valence-corrected chi connectivity index (χ0v) is 14.2. The van der Waals surface area contributed by atoms with Crippen LogP contribution in [0.2, 0.25) is 5.02 Å². The van der Waals surface area contributed by atoms with E-state index in [1.54, 1.807) is 12.5 Å². The van der Waals surface area contributed by atoms with Crippen LogP contribution in [0.25, 0.3) is 0 Å². The molecule has 0 spiro atoms. The summed E-state index contributed by atoms with van der Waals surface area (Å²) in [6.45, 7) is 2.90. The maximum Gasteiger partial charge on any atom is 0.126 e. The molecule has 1 fully saturated rings. The summed E-state index contributed by atoms with van der Waals surface area (Å²) in [6.07, 6.45) is 4.30. The van der Waals surface area contributed by atoms with Gasteiger partial charge < -0.3 is 25.0 Å².